The Bertz CT molecular complexity index is 1420. The summed E-state index contributed by atoms with van der Waals surface area (Å²) in [4.78, 5) is 29.8. The van der Waals surface area contributed by atoms with Crippen molar-refractivity contribution in [3.05, 3.63) is 83.0 Å². The number of fused-ring (bicyclic) bond motifs is 1. The Morgan fingerprint density at radius 2 is 1.68 bits per heavy atom. The van der Waals surface area contributed by atoms with Crippen LogP contribution in [-0.2, 0) is 25.0 Å². The van der Waals surface area contributed by atoms with Crippen molar-refractivity contribution in [2.75, 3.05) is 12.4 Å². The van der Waals surface area contributed by atoms with Gasteiger partial charge in [-0.05, 0) is 73.6 Å². The van der Waals surface area contributed by atoms with E-state index in [4.69, 9.17) is 9.47 Å². The highest BCUT2D eigenvalue weighted by Crippen LogP contribution is 2.31. The van der Waals surface area contributed by atoms with Crippen molar-refractivity contribution in [3.63, 3.8) is 0 Å². The molecule has 0 bridgehead atoms. The summed E-state index contributed by atoms with van der Waals surface area (Å²) in [6.07, 6.45) is 6.79. The smallest absolute Gasteiger partial charge is 0.328 e. The van der Waals surface area contributed by atoms with Crippen molar-refractivity contribution in [2.24, 2.45) is 18.9 Å². The zero-order chi connectivity index (χ0) is 25.8. The van der Waals surface area contributed by atoms with Crippen molar-refractivity contribution < 1.29 is 14.3 Å². The fourth-order valence-corrected chi connectivity index (χ4v) is 5.09. The average Bonchev–Trinajstić information content (AvgIpc) is 3.17. The van der Waals surface area contributed by atoms with E-state index in [1.54, 1.807) is 43.3 Å². The number of carbonyl (C=O) groups excluding carboxylic acids is 1. The lowest BCUT2D eigenvalue weighted by Gasteiger charge is -2.28. The number of imidazole rings is 1. The maximum Gasteiger partial charge on any atom is 0.328 e. The highest BCUT2D eigenvalue weighted by molar-refractivity contribution is 5.92. The summed E-state index contributed by atoms with van der Waals surface area (Å²) in [7, 11) is 3.45. The zero-order valence-corrected chi connectivity index (χ0v) is 21.2. The highest BCUT2D eigenvalue weighted by Gasteiger charge is 2.27. The summed E-state index contributed by atoms with van der Waals surface area (Å²) in [5.41, 5.74) is 3.54. The summed E-state index contributed by atoms with van der Waals surface area (Å²) < 4.78 is 14.8. The lowest BCUT2D eigenvalue weighted by atomic mass is 9.81. The quantitative estimate of drug-likeness (QED) is 0.377. The van der Waals surface area contributed by atoms with Crippen LogP contribution in [0.3, 0.4) is 0 Å². The van der Waals surface area contributed by atoms with Gasteiger partial charge in [0, 0.05) is 43.7 Å². The third-order valence-electron chi connectivity index (χ3n) is 7.29. The molecule has 1 saturated carbocycles. The number of aromatic nitrogens is 3. The molecule has 0 atom stereocenters. The first kappa shape index (κ1) is 24.6. The van der Waals surface area contributed by atoms with E-state index in [-0.39, 0.29) is 17.5 Å². The molecule has 1 N–H and O–H groups in total. The van der Waals surface area contributed by atoms with Gasteiger partial charge in [0.1, 0.15) is 18.1 Å². The molecule has 1 amide bonds. The Kier molecular flexibility index (Phi) is 7.25. The van der Waals surface area contributed by atoms with E-state index in [1.807, 2.05) is 47.0 Å². The lowest BCUT2D eigenvalue weighted by Crippen LogP contribution is -2.30. The molecule has 1 aliphatic rings. The van der Waals surface area contributed by atoms with Crippen LogP contribution in [0.2, 0.25) is 0 Å². The fraction of sp³-hybridized carbons (Fsp3) is 0.345. The maximum atomic E-state index is 13.1. The van der Waals surface area contributed by atoms with E-state index in [0.29, 0.717) is 19.1 Å². The zero-order valence-electron chi connectivity index (χ0n) is 21.2. The number of nitrogens with zero attached hydrogens (tertiary/aromatic N) is 3. The number of amides is 1. The van der Waals surface area contributed by atoms with Crippen LogP contribution in [0.4, 0.5) is 5.69 Å². The van der Waals surface area contributed by atoms with Crippen molar-refractivity contribution in [3.8, 4) is 11.5 Å². The Balaban J connectivity index is 1.24. The molecule has 37 heavy (non-hydrogen) atoms. The molecule has 4 aromatic rings. The third kappa shape index (κ3) is 5.53. The largest absolute Gasteiger partial charge is 0.497 e. The number of rotatable bonds is 8. The fourth-order valence-electron chi connectivity index (χ4n) is 5.09. The summed E-state index contributed by atoms with van der Waals surface area (Å²) >= 11 is 0. The van der Waals surface area contributed by atoms with E-state index in [2.05, 4.69) is 10.3 Å². The molecule has 2 aromatic heterocycles. The predicted molar refractivity (Wildman–Crippen MR) is 143 cm³/mol. The molecule has 0 radical (unpaired) electrons. The van der Waals surface area contributed by atoms with Gasteiger partial charge < -0.3 is 14.8 Å². The summed E-state index contributed by atoms with van der Waals surface area (Å²) in [5.74, 6) is 1.93. The van der Waals surface area contributed by atoms with E-state index in [0.717, 1.165) is 59.5 Å². The van der Waals surface area contributed by atoms with Crippen LogP contribution >= 0.6 is 0 Å². The Hall–Kier alpha value is -4.07. The molecular weight excluding hydrogens is 468 g/mol. The second kappa shape index (κ2) is 10.9. The van der Waals surface area contributed by atoms with Gasteiger partial charge in [-0.2, -0.15) is 0 Å². The number of carbonyl (C=O) groups is 1. The molecule has 0 spiro atoms. The van der Waals surface area contributed by atoms with Crippen molar-refractivity contribution in [1.29, 1.82) is 0 Å². The molecule has 1 aliphatic carbocycles. The molecule has 2 aromatic carbocycles. The second-order valence-electron chi connectivity index (χ2n) is 9.68. The SMILES string of the molecule is COc1ccc(COc2ccc3c(c2)n(CC2CCC(C(=O)Nc4ccncc4)CC2)c(=O)n3C)cc1. The first-order valence-corrected chi connectivity index (χ1v) is 12.7. The number of pyridine rings is 1. The van der Waals surface area contributed by atoms with Crippen molar-refractivity contribution in [2.45, 2.75) is 38.8 Å². The lowest BCUT2D eigenvalue weighted by molar-refractivity contribution is -0.121. The van der Waals surface area contributed by atoms with Gasteiger partial charge in [0.2, 0.25) is 5.91 Å². The van der Waals surface area contributed by atoms with E-state index >= 15 is 0 Å². The Labute approximate surface area is 215 Å². The number of hydrogen-bond acceptors (Lipinski definition) is 5. The molecule has 0 aliphatic heterocycles. The number of anilines is 1. The van der Waals surface area contributed by atoms with Gasteiger partial charge >= 0.3 is 5.69 Å². The Morgan fingerprint density at radius 1 is 0.973 bits per heavy atom. The van der Waals surface area contributed by atoms with Crippen LogP contribution in [0.1, 0.15) is 31.2 Å². The van der Waals surface area contributed by atoms with Gasteiger partial charge in [-0.1, -0.05) is 12.1 Å². The third-order valence-corrected chi connectivity index (χ3v) is 7.29. The second-order valence-corrected chi connectivity index (χ2v) is 9.68. The minimum absolute atomic E-state index is 0.00777. The molecule has 192 valence electrons. The van der Waals surface area contributed by atoms with Gasteiger partial charge in [0.15, 0.2) is 0 Å². The predicted octanol–water partition coefficient (Wildman–Crippen LogP) is 4.77. The summed E-state index contributed by atoms with van der Waals surface area (Å²) in [5, 5.41) is 2.99. The monoisotopic (exact) mass is 500 g/mol. The van der Waals surface area contributed by atoms with Crippen LogP contribution in [0, 0.1) is 11.8 Å². The van der Waals surface area contributed by atoms with Gasteiger partial charge in [-0.25, -0.2) is 4.79 Å². The van der Waals surface area contributed by atoms with Gasteiger partial charge in [0.05, 0.1) is 18.1 Å². The van der Waals surface area contributed by atoms with Gasteiger partial charge in [0.25, 0.3) is 0 Å². The molecule has 8 nitrogen and oxygen atoms in total. The van der Waals surface area contributed by atoms with Crippen LogP contribution in [0.5, 0.6) is 11.5 Å². The normalized spacial score (nSPS) is 17.5. The molecule has 5 rings (SSSR count). The minimum Gasteiger partial charge on any atom is -0.497 e. The van der Waals surface area contributed by atoms with E-state index in [9.17, 15) is 9.59 Å². The Morgan fingerprint density at radius 3 is 2.38 bits per heavy atom. The number of nitrogens with one attached hydrogen (secondary N) is 1. The molecular formula is C29H32N4O4. The van der Waals surface area contributed by atoms with Crippen LogP contribution in [0.25, 0.3) is 11.0 Å². The summed E-state index contributed by atoms with van der Waals surface area (Å²) in [6.45, 7) is 1.06. The highest BCUT2D eigenvalue weighted by atomic mass is 16.5. The topological polar surface area (TPSA) is 87.4 Å². The van der Waals surface area contributed by atoms with E-state index in [1.165, 1.54) is 0 Å². The van der Waals surface area contributed by atoms with Crippen molar-refractivity contribution in [1.82, 2.24) is 14.1 Å². The maximum absolute atomic E-state index is 13.1. The number of methoxy groups -OCH3 is 1. The average molecular weight is 501 g/mol. The van der Waals surface area contributed by atoms with Crippen LogP contribution < -0.4 is 20.5 Å². The number of hydrogen-bond donors (Lipinski definition) is 1. The summed E-state index contributed by atoms with van der Waals surface area (Å²) in [6, 6.07) is 17.2. The van der Waals surface area contributed by atoms with Gasteiger partial charge in [-0.15, -0.1) is 0 Å². The first-order valence-electron chi connectivity index (χ1n) is 12.7. The van der Waals surface area contributed by atoms with E-state index < -0.39 is 0 Å². The van der Waals surface area contributed by atoms with Crippen LogP contribution in [-0.4, -0.2) is 27.1 Å². The standard InChI is InChI=1S/C29H32N4O4/c1-32-26-12-11-25(37-19-21-5-9-24(36-2)10-6-21)17-27(26)33(29(32)35)18-20-3-7-22(8-4-20)28(34)31-23-13-15-30-16-14-23/h5-6,9-17,20,22H,3-4,7-8,18-19H2,1-2H3,(H,30,31,34). The minimum atomic E-state index is -0.0279. The molecule has 8 heteroatoms. The first-order chi connectivity index (χ1) is 18.0. The van der Waals surface area contributed by atoms with Gasteiger partial charge in [-0.3, -0.25) is 18.9 Å². The number of ether oxygens (including phenoxy) is 2. The molecule has 2 heterocycles. The van der Waals surface area contributed by atoms with Crippen LogP contribution in [0.15, 0.2) is 71.8 Å². The number of aryl methyl sites for hydroxylation is 1. The molecule has 1 fully saturated rings. The van der Waals surface area contributed by atoms with Crippen molar-refractivity contribution >= 4 is 22.6 Å². The molecule has 0 unspecified atom stereocenters. The molecule has 0 saturated heterocycles. The number of benzene rings is 2.